The zero-order valence-corrected chi connectivity index (χ0v) is 67.4. The molecule has 0 bridgehead atoms. The van der Waals surface area contributed by atoms with Crippen LogP contribution in [0.25, 0.3) is 231 Å². The van der Waals surface area contributed by atoms with E-state index in [1.54, 1.807) is 0 Å². The Bertz CT molecular complexity index is 8460. The monoisotopic (exact) mass is 1580 g/mol. The summed E-state index contributed by atoms with van der Waals surface area (Å²) in [7, 11) is 0. The van der Waals surface area contributed by atoms with E-state index in [0.29, 0.717) is 0 Å². The van der Waals surface area contributed by atoms with Crippen LogP contribution in [0.15, 0.2) is 455 Å². The zero-order valence-electron chi connectivity index (χ0n) is 67.4. The molecule has 7 heteroatoms. The Labute approximate surface area is 714 Å². The molecule has 0 radical (unpaired) electrons. The van der Waals surface area contributed by atoms with E-state index in [0.717, 1.165) is 78.5 Å². The third kappa shape index (κ3) is 12.0. The fourth-order valence-electron chi connectivity index (χ4n) is 19.4. The van der Waals surface area contributed by atoms with Gasteiger partial charge in [0.2, 0.25) is 0 Å². The first kappa shape index (κ1) is 71.5. The van der Waals surface area contributed by atoms with Gasteiger partial charge in [-0.3, -0.25) is 0 Å². The molecule has 0 amide bonds. The van der Waals surface area contributed by atoms with Crippen molar-refractivity contribution in [2.75, 3.05) is 0 Å². The molecule has 0 aliphatic carbocycles. The van der Waals surface area contributed by atoms with Crippen LogP contribution in [0.5, 0.6) is 0 Å². The van der Waals surface area contributed by atoms with Crippen molar-refractivity contribution in [1.29, 1.82) is 0 Å². The second kappa shape index (κ2) is 29.7. The molecular weight excluding hydrogens is 1500 g/mol. The highest BCUT2D eigenvalue weighted by Gasteiger charge is 2.23. The lowest BCUT2D eigenvalue weighted by Crippen LogP contribution is -2.01. The van der Waals surface area contributed by atoms with Crippen LogP contribution in [0.3, 0.4) is 0 Å². The number of nitrogens with zero attached hydrogens (tertiary/aromatic N) is 7. The fraction of sp³-hybridized carbons (Fsp3) is 0. The average molecular weight is 1580 g/mol. The first-order chi connectivity index (χ1) is 61.5. The Kier molecular flexibility index (Phi) is 17.1. The number of benzene rings is 19. The molecule has 0 aliphatic heterocycles. The lowest BCUT2D eigenvalue weighted by molar-refractivity contribution is 1.13. The third-order valence-corrected chi connectivity index (χ3v) is 25.0. The van der Waals surface area contributed by atoms with Crippen LogP contribution in [-0.4, -0.2) is 33.2 Å². The van der Waals surface area contributed by atoms with Gasteiger partial charge in [-0.15, -0.1) is 0 Å². The number of hydrogen-bond acceptors (Lipinski definition) is 3. The van der Waals surface area contributed by atoms with Gasteiger partial charge in [-0.2, -0.15) is 0 Å². The molecule has 26 aromatic rings. The highest BCUT2D eigenvalue weighted by atomic mass is 15.0. The summed E-state index contributed by atoms with van der Waals surface area (Å²) in [6, 6.07) is 163. The topological polar surface area (TPSA) is 58.4 Å². The predicted octanol–water partition coefficient (Wildman–Crippen LogP) is 30.9. The first-order valence-corrected chi connectivity index (χ1v) is 42.4. The lowest BCUT2D eigenvalue weighted by atomic mass is 9.98. The quantitative estimate of drug-likeness (QED) is 0.135. The van der Waals surface area contributed by atoms with E-state index in [9.17, 15) is 0 Å². The Balaban J connectivity index is 0.000000106. The van der Waals surface area contributed by atoms with Crippen LogP contribution < -0.4 is 0 Å². The number of aromatic nitrogens is 7. The van der Waals surface area contributed by atoms with Crippen LogP contribution in [0.4, 0.5) is 0 Å². The summed E-state index contributed by atoms with van der Waals surface area (Å²) in [5, 5.41) is 20.8. The van der Waals surface area contributed by atoms with Gasteiger partial charge in [-0.05, 0) is 154 Å². The number of fused-ring (bicyclic) bond motifs is 21. The van der Waals surface area contributed by atoms with Crippen LogP contribution in [0, 0.1) is 0 Å². The fourth-order valence-corrected chi connectivity index (χ4v) is 19.4. The number of para-hydroxylation sites is 10. The molecule has 0 atom stereocenters. The second-order valence-corrected chi connectivity index (χ2v) is 32.0. The van der Waals surface area contributed by atoms with Gasteiger partial charge in [0.1, 0.15) is 0 Å². The van der Waals surface area contributed by atoms with Crippen LogP contribution >= 0.6 is 0 Å². The molecule has 7 heterocycles. The minimum atomic E-state index is 0.985. The van der Waals surface area contributed by atoms with Gasteiger partial charge in [0.25, 0.3) is 0 Å². The summed E-state index contributed by atoms with van der Waals surface area (Å²) >= 11 is 0. The molecule has 578 valence electrons. The van der Waals surface area contributed by atoms with E-state index >= 15 is 0 Å². The first-order valence-electron chi connectivity index (χ1n) is 42.4. The summed E-state index contributed by atoms with van der Waals surface area (Å²) in [6.07, 6.45) is 0. The van der Waals surface area contributed by atoms with Gasteiger partial charge in [-0.1, -0.05) is 340 Å². The van der Waals surface area contributed by atoms with E-state index in [2.05, 4.69) is 473 Å². The maximum absolute atomic E-state index is 5.35. The molecule has 0 spiro atoms. The second-order valence-electron chi connectivity index (χ2n) is 32.0. The standard InChI is InChI=1S/C43H27N3.C43H28N2.C31H20N2/c1-2-19-37-31(13-1)32-14-3-8-20-38(32)44-43(37)28-25-29(45-39-21-9-4-15-33(39)34-16-5-10-22-40(34)45)27-30(26-28)46-41-23-11-6-17-35(41)36-18-7-12-24-42(36)46;1-2-10-29(11-3-1)33-24-27-42-39(28-33)37-14-7-9-17-41(37)45(42)34-25-22-31(23-26-34)30-18-20-32(21-19-30)43-38-15-5-4-12-35(38)36-13-6-8-16-40(36)44-43;1-2-16-27-23(12-1)24-13-3-6-17-28(24)32-31(27)21-10-9-11-22(20-21)33-29-18-7-4-14-25(29)26-15-5-8-19-30(26)33/h1-27H;1-28H;1-20H. The summed E-state index contributed by atoms with van der Waals surface area (Å²) in [4.78, 5) is 15.5. The summed E-state index contributed by atoms with van der Waals surface area (Å²) in [6.45, 7) is 0. The summed E-state index contributed by atoms with van der Waals surface area (Å²) < 4.78 is 9.56. The van der Waals surface area contributed by atoms with E-state index in [1.165, 1.54) is 153 Å². The molecule has 26 rings (SSSR count). The van der Waals surface area contributed by atoms with Gasteiger partial charge >= 0.3 is 0 Å². The summed E-state index contributed by atoms with van der Waals surface area (Å²) in [5.74, 6) is 0. The van der Waals surface area contributed by atoms with E-state index in [-0.39, 0.29) is 0 Å². The van der Waals surface area contributed by atoms with Crippen molar-refractivity contribution in [1.82, 2.24) is 33.2 Å². The highest BCUT2D eigenvalue weighted by molar-refractivity contribution is 6.17. The molecule has 19 aromatic carbocycles. The maximum Gasteiger partial charge on any atom is 0.0789 e. The largest absolute Gasteiger partial charge is 0.309 e. The number of pyridine rings is 3. The van der Waals surface area contributed by atoms with Crippen molar-refractivity contribution in [3.8, 4) is 78.8 Å². The molecule has 0 saturated heterocycles. The van der Waals surface area contributed by atoms with E-state index in [1.807, 2.05) is 0 Å². The Hall–Kier alpha value is -16.6. The summed E-state index contributed by atoms with van der Waals surface area (Å²) in [5.41, 5.74) is 28.3. The molecular formula is C117H75N7. The normalized spacial score (nSPS) is 11.7. The van der Waals surface area contributed by atoms with Gasteiger partial charge in [-0.25, -0.2) is 15.0 Å². The lowest BCUT2D eigenvalue weighted by Gasteiger charge is -2.17. The minimum absolute atomic E-state index is 0.985. The van der Waals surface area contributed by atoms with Gasteiger partial charge in [0.15, 0.2) is 0 Å². The van der Waals surface area contributed by atoms with Crippen molar-refractivity contribution in [2.24, 2.45) is 0 Å². The molecule has 7 aromatic heterocycles. The maximum atomic E-state index is 5.35. The minimum Gasteiger partial charge on any atom is -0.309 e. The highest BCUT2D eigenvalue weighted by Crippen LogP contribution is 2.44. The van der Waals surface area contributed by atoms with E-state index in [4.69, 9.17) is 15.0 Å². The van der Waals surface area contributed by atoms with Crippen LogP contribution in [0.1, 0.15) is 0 Å². The SMILES string of the molecule is c1cc(-c2nc3ccccc3c3ccccc23)cc(-n2c3ccccc3c3ccccc32)c1.c1ccc(-c2ccc3c(c2)c2ccccc2n3-c2ccc(-c3ccc(-c4nc5ccccc5c5ccccc45)cc3)cc2)cc1.c1ccc2c(c1)nc(-c1cc(-n3c4ccccc4c4ccccc43)cc(-n3c4ccccc4c4ccccc43)c1)c1ccccc12. The van der Waals surface area contributed by atoms with Crippen LogP contribution in [0.2, 0.25) is 0 Å². The van der Waals surface area contributed by atoms with Crippen molar-refractivity contribution >= 4 is 152 Å². The average Bonchev–Trinajstić information content (AvgIpc) is 1.49. The zero-order chi connectivity index (χ0) is 81.7. The Morgan fingerprint density at radius 2 is 0.379 bits per heavy atom. The third-order valence-electron chi connectivity index (χ3n) is 25.0. The molecule has 124 heavy (non-hydrogen) atoms. The number of hydrogen-bond donors (Lipinski definition) is 0. The molecule has 0 saturated carbocycles. The van der Waals surface area contributed by atoms with Crippen molar-refractivity contribution < 1.29 is 0 Å². The molecule has 0 N–H and O–H groups in total. The molecule has 0 unspecified atom stereocenters. The predicted molar refractivity (Wildman–Crippen MR) is 522 cm³/mol. The molecule has 0 fully saturated rings. The number of rotatable bonds is 9. The molecule has 7 nitrogen and oxygen atoms in total. The van der Waals surface area contributed by atoms with Crippen LogP contribution in [-0.2, 0) is 0 Å². The van der Waals surface area contributed by atoms with Gasteiger partial charge < -0.3 is 18.3 Å². The van der Waals surface area contributed by atoms with Crippen molar-refractivity contribution in [3.05, 3.63) is 455 Å². The van der Waals surface area contributed by atoms with E-state index < -0.39 is 0 Å². The smallest absolute Gasteiger partial charge is 0.0789 e. The Morgan fingerprint density at radius 3 is 0.782 bits per heavy atom. The van der Waals surface area contributed by atoms with Crippen molar-refractivity contribution in [2.45, 2.75) is 0 Å². The van der Waals surface area contributed by atoms with Crippen molar-refractivity contribution in [3.63, 3.8) is 0 Å². The Morgan fingerprint density at radius 1 is 0.121 bits per heavy atom. The van der Waals surface area contributed by atoms with Gasteiger partial charge in [0, 0.05) is 115 Å². The van der Waals surface area contributed by atoms with Gasteiger partial charge in [0.05, 0.1) is 77.8 Å². The molecule has 0 aliphatic rings.